The van der Waals surface area contributed by atoms with E-state index in [9.17, 15) is 0 Å². The first-order chi connectivity index (χ1) is 5.68. The van der Waals surface area contributed by atoms with Gasteiger partial charge in [-0.3, -0.25) is 0 Å². The lowest BCUT2D eigenvalue weighted by molar-refractivity contribution is 0.440. The van der Waals surface area contributed by atoms with E-state index in [4.69, 9.17) is 5.73 Å². The molecule has 0 aliphatic rings. The van der Waals surface area contributed by atoms with Gasteiger partial charge in [0.15, 0.2) is 0 Å². The van der Waals surface area contributed by atoms with Gasteiger partial charge in [0.25, 0.3) is 0 Å². The van der Waals surface area contributed by atoms with Crippen LogP contribution in [0.2, 0.25) is 0 Å². The first kappa shape index (κ1) is 8.59. The van der Waals surface area contributed by atoms with Gasteiger partial charge in [0, 0.05) is 19.8 Å². The number of hydrazone groups is 1. The van der Waals surface area contributed by atoms with Crippen molar-refractivity contribution in [3.63, 3.8) is 0 Å². The van der Waals surface area contributed by atoms with Crippen molar-refractivity contribution in [2.24, 2.45) is 5.10 Å². The van der Waals surface area contributed by atoms with Gasteiger partial charge in [-0.15, -0.1) is 0 Å². The van der Waals surface area contributed by atoms with E-state index < -0.39 is 0 Å². The number of rotatable bonds is 2. The monoisotopic (exact) mass is 163 g/mol. The molecule has 0 aliphatic carbocycles. The van der Waals surface area contributed by atoms with Crippen LogP contribution in [0.4, 0.5) is 5.69 Å². The molecule has 3 nitrogen and oxygen atoms in total. The molecule has 0 spiro atoms. The summed E-state index contributed by atoms with van der Waals surface area (Å²) in [6.45, 7) is 0. The van der Waals surface area contributed by atoms with Crippen molar-refractivity contribution < 1.29 is 0 Å². The highest BCUT2D eigenvalue weighted by molar-refractivity contribution is 5.79. The fourth-order valence-electron chi connectivity index (χ4n) is 0.764. The van der Waals surface area contributed by atoms with E-state index in [-0.39, 0.29) is 0 Å². The fourth-order valence-corrected chi connectivity index (χ4v) is 0.764. The third-order valence-corrected chi connectivity index (χ3v) is 1.37. The third kappa shape index (κ3) is 2.62. The summed E-state index contributed by atoms with van der Waals surface area (Å²) < 4.78 is 0. The Hall–Kier alpha value is -1.51. The Kier molecular flexibility index (Phi) is 2.69. The Labute approximate surface area is 72.5 Å². The number of benzene rings is 1. The normalized spacial score (nSPS) is 10.5. The van der Waals surface area contributed by atoms with Crippen LogP contribution in [-0.2, 0) is 0 Å². The first-order valence-corrected chi connectivity index (χ1v) is 3.75. The molecule has 0 atom stereocenters. The number of nitrogens with two attached hydrogens (primary N) is 1. The summed E-state index contributed by atoms with van der Waals surface area (Å²) in [7, 11) is 3.77. The molecule has 2 N–H and O–H groups in total. The van der Waals surface area contributed by atoms with E-state index in [1.165, 1.54) is 0 Å². The zero-order chi connectivity index (χ0) is 8.97. The van der Waals surface area contributed by atoms with Crippen LogP contribution in [0.15, 0.2) is 29.4 Å². The molecule has 64 valence electrons. The van der Waals surface area contributed by atoms with Crippen LogP contribution in [-0.4, -0.2) is 25.3 Å². The Bertz CT molecular complexity index is 262. The molecule has 0 amide bonds. The molecule has 1 aromatic carbocycles. The van der Waals surface area contributed by atoms with Gasteiger partial charge in [-0.1, -0.05) is 12.1 Å². The minimum atomic E-state index is 0.775. The molecule has 0 aromatic heterocycles. The minimum absolute atomic E-state index is 0.775. The van der Waals surface area contributed by atoms with E-state index in [0.717, 1.165) is 11.3 Å². The maximum atomic E-state index is 5.53. The lowest BCUT2D eigenvalue weighted by Gasteiger charge is -2.01. The number of hydrogen-bond donors (Lipinski definition) is 1. The summed E-state index contributed by atoms with van der Waals surface area (Å²) in [5, 5.41) is 5.84. The molecule has 0 saturated carbocycles. The van der Waals surface area contributed by atoms with Crippen LogP contribution in [0.3, 0.4) is 0 Å². The van der Waals surface area contributed by atoms with Gasteiger partial charge in [0.2, 0.25) is 0 Å². The van der Waals surface area contributed by atoms with Crippen LogP contribution in [0, 0.1) is 0 Å². The smallest absolute Gasteiger partial charge is 0.0542 e. The molecule has 0 radical (unpaired) electrons. The van der Waals surface area contributed by atoms with Crippen molar-refractivity contribution in [3.8, 4) is 0 Å². The number of anilines is 1. The van der Waals surface area contributed by atoms with Gasteiger partial charge in [-0.2, -0.15) is 5.10 Å². The van der Waals surface area contributed by atoms with E-state index in [1.807, 2.05) is 38.4 Å². The maximum Gasteiger partial charge on any atom is 0.0542 e. The quantitative estimate of drug-likeness (QED) is 0.404. The van der Waals surface area contributed by atoms with E-state index in [0.29, 0.717) is 0 Å². The average Bonchev–Trinajstić information content (AvgIpc) is 2.03. The van der Waals surface area contributed by atoms with Crippen LogP contribution in [0.1, 0.15) is 5.56 Å². The molecule has 12 heavy (non-hydrogen) atoms. The zero-order valence-electron chi connectivity index (χ0n) is 7.36. The molecule has 0 bridgehead atoms. The molecule has 1 aromatic rings. The van der Waals surface area contributed by atoms with Crippen molar-refractivity contribution in [3.05, 3.63) is 29.8 Å². The molecular weight excluding hydrogens is 150 g/mol. The van der Waals surface area contributed by atoms with Gasteiger partial charge in [0.1, 0.15) is 0 Å². The molecule has 1 rings (SSSR count). The van der Waals surface area contributed by atoms with Crippen molar-refractivity contribution in [1.82, 2.24) is 5.01 Å². The predicted molar refractivity (Wildman–Crippen MR) is 52.1 cm³/mol. The summed E-state index contributed by atoms with van der Waals surface area (Å²) >= 11 is 0. The summed E-state index contributed by atoms with van der Waals surface area (Å²) in [5.74, 6) is 0. The zero-order valence-corrected chi connectivity index (χ0v) is 7.36. The molecule has 0 unspecified atom stereocenters. The maximum absolute atomic E-state index is 5.53. The Balaban J connectivity index is 2.71. The van der Waals surface area contributed by atoms with Crippen molar-refractivity contribution >= 4 is 11.9 Å². The number of nitrogens with zero attached hydrogens (tertiary/aromatic N) is 2. The Morgan fingerprint density at radius 2 is 1.83 bits per heavy atom. The van der Waals surface area contributed by atoms with Gasteiger partial charge < -0.3 is 10.7 Å². The van der Waals surface area contributed by atoms with Crippen molar-refractivity contribution in [2.45, 2.75) is 0 Å². The minimum Gasteiger partial charge on any atom is -0.399 e. The highest BCUT2D eigenvalue weighted by Gasteiger charge is 1.86. The average molecular weight is 163 g/mol. The first-order valence-electron chi connectivity index (χ1n) is 3.75. The molecule has 0 heterocycles. The summed E-state index contributed by atoms with van der Waals surface area (Å²) in [6.07, 6.45) is 1.79. The highest BCUT2D eigenvalue weighted by atomic mass is 15.4. The third-order valence-electron chi connectivity index (χ3n) is 1.37. The topological polar surface area (TPSA) is 41.6 Å². The Morgan fingerprint density at radius 3 is 2.33 bits per heavy atom. The lowest BCUT2D eigenvalue weighted by atomic mass is 10.2. The van der Waals surface area contributed by atoms with E-state index >= 15 is 0 Å². The molecule has 3 heteroatoms. The largest absolute Gasteiger partial charge is 0.399 e. The summed E-state index contributed by atoms with van der Waals surface area (Å²) in [4.78, 5) is 0. The molecule has 0 aliphatic heterocycles. The predicted octanol–water partition coefficient (Wildman–Crippen LogP) is 1.16. The summed E-state index contributed by atoms with van der Waals surface area (Å²) in [6, 6.07) is 7.58. The van der Waals surface area contributed by atoms with Crippen LogP contribution in [0.5, 0.6) is 0 Å². The Morgan fingerprint density at radius 1 is 1.25 bits per heavy atom. The standard InChI is InChI=1S/C9H13N3/c1-12(2)11-7-8-3-5-9(10)6-4-8/h3-7H,10H2,1-2H3. The van der Waals surface area contributed by atoms with Gasteiger partial charge in [-0.25, -0.2) is 0 Å². The van der Waals surface area contributed by atoms with Gasteiger partial charge >= 0.3 is 0 Å². The van der Waals surface area contributed by atoms with E-state index in [1.54, 1.807) is 11.2 Å². The lowest BCUT2D eigenvalue weighted by Crippen LogP contribution is -2.01. The molecular formula is C9H13N3. The second kappa shape index (κ2) is 3.76. The van der Waals surface area contributed by atoms with Gasteiger partial charge in [-0.05, 0) is 17.7 Å². The summed E-state index contributed by atoms with van der Waals surface area (Å²) in [5.41, 5.74) is 7.36. The number of nitrogen functional groups attached to an aromatic ring is 1. The molecule has 0 saturated heterocycles. The SMILES string of the molecule is CN(C)N=Cc1ccc(N)cc1. The van der Waals surface area contributed by atoms with Gasteiger partial charge in [0.05, 0.1) is 6.21 Å². The highest BCUT2D eigenvalue weighted by Crippen LogP contribution is 2.02. The van der Waals surface area contributed by atoms with Crippen LogP contribution in [0.25, 0.3) is 0 Å². The second-order valence-electron chi connectivity index (χ2n) is 2.76. The van der Waals surface area contributed by atoms with Crippen LogP contribution < -0.4 is 5.73 Å². The second-order valence-corrected chi connectivity index (χ2v) is 2.76. The van der Waals surface area contributed by atoms with Crippen molar-refractivity contribution in [1.29, 1.82) is 0 Å². The molecule has 0 fully saturated rings. The van der Waals surface area contributed by atoms with Crippen LogP contribution >= 0.6 is 0 Å². The van der Waals surface area contributed by atoms with E-state index in [2.05, 4.69) is 5.10 Å². The van der Waals surface area contributed by atoms with Crippen molar-refractivity contribution in [2.75, 3.05) is 19.8 Å². The number of hydrogen-bond acceptors (Lipinski definition) is 3. The fraction of sp³-hybridized carbons (Fsp3) is 0.222.